The van der Waals surface area contributed by atoms with Crippen molar-refractivity contribution >= 4 is 17.5 Å². The van der Waals surface area contributed by atoms with E-state index < -0.39 is 0 Å². The Morgan fingerprint density at radius 1 is 1.10 bits per heavy atom. The summed E-state index contributed by atoms with van der Waals surface area (Å²) in [6.07, 6.45) is 10.4. The smallest absolute Gasteiger partial charge is 0.237 e. The molecule has 0 bridgehead atoms. The molecule has 2 saturated carbocycles. The third-order valence-electron chi connectivity index (χ3n) is 4.34. The van der Waals surface area contributed by atoms with Crippen molar-refractivity contribution in [2.24, 2.45) is 0 Å². The first kappa shape index (κ1) is 14.1. The zero-order chi connectivity index (χ0) is 13.8. The van der Waals surface area contributed by atoms with Crippen LogP contribution in [0.2, 0.25) is 0 Å². The molecule has 1 heterocycles. The zero-order valence-corrected chi connectivity index (χ0v) is 12.7. The lowest BCUT2D eigenvalue weighted by Gasteiger charge is -2.20. The molecule has 2 aliphatic carbocycles. The van der Waals surface area contributed by atoms with Crippen LogP contribution in [0.15, 0.2) is 4.52 Å². The second-order valence-electron chi connectivity index (χ2n) is 5.88. The second kappa shape index (κ2) is 6.74. The van der Waals surface area contributed by atoms with Crippen molar-refractivity contribution in [3.05, 3.63) is 11.7 Å². The van der Waals surface area contributed by atoms with Gasteiger partial charge >= 0.3 is 0 Å². The van der Waals surface area contributed by atoms with E-state index in [4.69, 9.17) is 4.52 Å². The maximum atomic E-state index is 11.9. The average molecular weight is 294 g/mol. The minimum atomic E-state index is -0.135. The Labute approximate surface area is 124 Å². The molecule has 20 heavy (non-hydrogen) atoms. The number of hydrogen-bond acceptors (Lipinski definition) is 5. The Morgan fingerprint density at radius 3 is 2.70 bits per heavy atom. The second-order valence-corrected chi connectivity index (χ2v) is 7.17. The number of rotatable bonds is 4. The molecule has 1 aromatic heterocycles. The highest BCUT2D eigenvalue weighted by Gasteiger charge is 2.29. The van der Waals surface area contributed by atoms with E-state index in [-0.39, 0.29) is 11.7 Å². The third-order valence-corrected chi connectivity index (χ3v) is 5.70. The van der Waals surface area contributed by atoms with Gasteiger partial charge in [-0.1, -0.05) is 30.8 Å². The molecule has 0 aromatic carbocycles. The molecule has 0 saturated heterocycles. The summed E-state index contributed by atoms with van der Waals surface area (Å²) in [5, 5.41) is 4.80. The summed E-state index contributed by atoms with van der Waals surface area (Å²) < 4.78 is 5.32. The molecule has 1 aromatic rings. The molecule has 4 nitrogen and oxygen atoms in total. The van der Waals surface area contributed by atoms with E-state index in [0.29, 0.717) is 12.3 Å². The van der Waals surface area contributed by atoms with E-state index in [2.05, 4.69) is 10.1 Å². The van der Waals surface area contributed by atoms with Crippen LogP contribution in [-0.2, 0) is 10.5 Å². The van der Waals surface area contributed by atoms with Crippen LogP contribution >= 0.6 is 11.8 Å². The van der Waals surface area contributed by atoms with Gasteiger partial charge in [0.1, 0.15) is 5.78 Å². The fourth-order valence-electron chi connectivity index (χ4n) is 3.14. The van der Waals surface area contributed by atoms with Gasteiger partial charge in [-0.05, 0) is 25.7 Å². The Morgan fingerprint density at radius 2 is 1.90 bits per heavy atom. The summed E-state index contributed by atoms with van der Waals surface area (Å²) in [5.41, 5.74) is 0. The van der Waals surface area contributed by atoms with Gasteiger partial charge in [-0.3, -0.25) is 4.79 Å². The van der Waals surface area contributed by atoms with Crippen LogP contribution in [0.3, 0.4) is 0 Å². The van der Waals surface area contributed by atoms with E-state index in [1.165, 1.54) is 32.1 Å². The van der Waals surface area contributed by atoms with Crippen LogP contribution in [-0.4, -0.2) is 21.2 Å². The van der Waals surface area contributed by atoms with Gasteiger partial charge in [0.2, 0.25) is 5.89 Å². The van der Waals surface area contributed by atoms with Crippen LogP contribution < -0.4 is 0 Å². The number of carbonyl (C=O) groups is 1. The number of Topliss-reactive ketones (excluding diaryl/α,β-unsaturated/α-hetero) is 1. The Hall–Kier alpha value is -0.840. The normalized spacial score (nSPS) is 25.0. The van der Waals surface area contributed by atoms with Crippen molar-refractivity contribution in [3.63, 3.8) is 0 Å². The highest BCUT2D eigenvalue weighted by atomic mass is 32.2. The lowest BCUT2D eigenvalue weighted by atomic mass is 9.88. The van der Waals surface area contributed by atoms with Crippen LogP contribution in [0.1, 0.15) is 75.4 Å². The fraction of sp³-hybridized carbons (Fsp3) is 0.800. The Bertz CT molecular complexity index is 454. The SMILES string of the molecule is O=C1CCCCC1c1nc(CSC2CCCCC2)no1. The Kier molecular flexibility index (Phi) is 4.76. The van der Waals surface area contributed by atoms with Gasteiger partial charge in [-0.2, -0.15) is 16.7 Å². The van der Waals surface area contributed by atoms with Gasteiger partial charge in [0.05, 0.1) is 11.7 Å². The quantitative estimate of drug-likeness (QED) is 0.844. The maximum Gasteiger partial charge on any atom is 0.237 e. The molecular weight excluding hydrogens is 272 g/mol. The first-order chi connectivity index (χ1) is 9.83. The molecule has 0 radical (unpaired) electrons. The van der Waals surface area contributed by atoms with Crippen molar-refractivity contribution in [3.8, 4) is 0 Å². The number of carbonyl (C=O) groups excluding carboxylic acids is 1. The highest BCUT2D eigenvalue weighted by molar-refractivity contribution is 7.99. The summed E-state index contributed by atoms with van der Waals surface area (Å²) >= 11 is 1.94. The van der Waals surface area contributed by atoms with Crippen LogP contribution in [0.25, 0.3) is 0 Å². The monoisotopic (exact) mass is 294 g/mol. The van der Waals surface area contributed by atoms with Crippen molar-refractivity contribution in [2.75, 3.05) is 0 Å². The average Bonchev–Trinajstić information content (AvgIpc) is 2.95. The molecule has 1 unspecified atom stereocenters. The lowest BCUT2D eigenvalue weighted by molar-refractivity contribution is -0.122. The van der Waals surface area contributed by atoms with E-state index in [0.717, 1.165) is 36.1 Å². The molecule has 3 rings (SSSR count). The molecule has 0 amide bonds. The highest BCUT2D eigenvalue weighted by Crippen LogP contribution is 2.31. The zero-order valence-electron chi connectivity index (χ0n) is 11.8. The molecule has 0 spiro atoms. The van der Waals surface area contributed by atoms with Crippen LogP contribution in [0.4, 0.5) is 0 Å². The van der Waals surface area contributed by atoms with Crippen molar-refractivity contribution in [1.82, 2.24) is 10.1 Å². The van der Waals surface area contributed by atoms with E-state index in [1.807, 2.05) is 11.8 Å². The number of thioether (sulfide) groups is 1. The van der Waals surface area contributed by atoms with Gasteiger partial charge in [-0.25, -0.2) is 0 Å². The van der Waals surface area contributed by atoms with E-state index >= 15 is 0 Å². The van der Waals surface area contributed by atoms with Crippen molar-refractivity contribution in [2.45, 2.75) is 74.7 Å². The van der Waals surface area contributed by atoms with Gasteiger partial charge in [0.15, 0.2) is 5.82 Å². The molecule has 2 fully saturated rings. The largest absolute Gasteiger partial charge is 0.339 e. The minimum Gasteiger partial charge on any atom is -0.339 e. The predicted molar refractivity (Wildman–Crippen MR) is 78.7 cm³/mol. The van der Waals surface area contributed by atoms with Gasteiger partial charge in [0.25, 0.3) is 0 Å². The van der Waals surface area contributed by atoms with E-state index in [1.54, 1.807) is 0 Å². The minimum absolute atomic E-state index is 0.135. The number of ketones is 1. The summed E-state index contributed by atoms with van der Waals surface area (Å²) in [5.74, 6) is 2.26. The number of aromatic nitrogens is 2. The fourth-order valence-corrected chi connectivity index (χ4v) is 4.30. The molecular formula is C15H22N2O2S. The van der Waals surface area contributed by atoms with Gasteiger partial charge in [-0.15, -0.1) is 0 Å². The lowest BCUT2D eigenvalue weighted by Crippen LogP contribution is -2.17. The standard InChI is InChI=1S/C15H22N2O2S/c18-13-9-5-4-8-12(13)15-16-14(17-19-15)10-20-11-6-2-1-3-7-11/h11-12H,1-10H2. The predicted octanol–water partition coefficient (Wildman–Crippen LogP) is 3.86. The van der Waals surface area contributed by atoms with Crippen LogP contribution in [0.5, 0.6) is 0 Å². The molecule has 0 N–H and O–H groups in total. The summed E-state index contributed by atoms with van der Waals surface area (Å²) in [6.45, 7) is 0. The molecule has 2 aliphatic rings. The summed E-state index contributed by atoms with van der Waals surface area (Å²) in [4.78, 5) is 16.3. The van der Waals surface area contributed by atoms with Gasteiger partial charge in [0, 0.05) is 11.7 Å². The van der Waals surface area contributed by atoms with Crippen LogP contribution in [0, 0.1) is 0 Å². The number of hydrogen-bond donors (Lipinski definition) is 0. The maximum absolute atomic E-state index is 11.9. The summed E-state index contributed by atoms with van der Waals surface area (Å²) in [6, 6.07) is 0. The molecule has 0 aliphatic heterocycles. The Balaban J connectivity index is 1.54. The van der Waals surface area contributed by atoms with Gasteiger partial charge < -0.3 is 4.52 Å². The van der Waals surface area contributed by atoms with Crippen molar-refractivity contribution < 1.29 is 9.32 Å². The van der Waals surface area contributed by atoms with Crippen molar-refractivity contribution in [1.29, 1.82) is 0 Å². The van der Waals surface area contributed by atoms with E-state index in [9.17, 15) is 4.79 Å². The number of nitrogens with zero attached hydrogens (tertiary/aromatic N) is 2. The topological polar surface area (TPSA) is 56.0 Å². The first-order valence-electron chi connectivity index (χ1n) is 7.80. The first-order valence-corrected chi connectivity index (χ1v) is 8.84. The molecule has 5 heteroatoms. The summed E-state index contributed by atoms with van der Waals surface area (Å²) in [7, 11) is 0. The molecule has 110 valence electrons. The third kappa shape index (κ3) is 3.43. The molecule has 1 atom stereocenters.